The van der Waals surface area contributed by atoms with Crippen molar-refractivity contribution in [1.29, 1.82) is 0 Å². The Morgan fingerprint density at radius 1 is 1.19 bits per heavy atom. The number of hydrogen-bond donors (Lipinski definition) is 1. The summed E-state index contributed by atoms with van der Waals surface area (Å²) >= 11 is 0. The molecule has 0 saturated carbocycles. The molecule has 4 heteroatoms. The van der Waals surface area contributed by atoms with Crippen molar-refractivity contribution in [2.75, 3.05) is 12.3 Å². The fourth-order valence-corrected chi connectivity index (χ4v) is 2.48. The van der Waals surface area contributed by atoms with E-state index in [1.54, 1.807) is 4.90 Å². The SMILES string of the molecule is CCN(Cc1ccccc1N)C(=O)c1c(C)oc(C)c1C. The Balaban J connectivity index is 2.29. The summed E-state index contributed by atoms with van der Waals surface area (Å²) in [6, 6.07) is 7.63. The van der Waals surface area contributed by atoms with E-state index in [2.05, 4.69) is 0 Å². The van der Waals surface area contributed by atoms with Gasteiger partial charge in [0.1, 0.15) is 11.5 Å². The number of amides is 1. The summed E-state index contributed by atoms with van der Waals surface area (Å²) in [6.45, 7) is 8.72. The second kappa shape index (κ2) is 6.04. The minimum absolute atomic E-state index is 0.00685. The van der Waals surface area contributed by atoms with Crippen molar-refractivity contribution >= 4 is 11.6 Å². The number of carbonyl (C=O) groups is 1. The van der Waals surface area contributed by atoms with Gasteiger partial charge in [0.05, 0.1) is 5.56 Å². The molecule has 1 aromatic heterocycles. The Labute approximate surface area is 125 Å². The van der Waals surface area contributed by atoms with Crippen LogP contribution in [0.1, 0.15) is 39.9 Å². The number of furan rings is 1. The van der Waals surface area contributed by atoms with Crippen LogP contribution < -0.4 is 5.73 Å². The van der Waals surface area contributed by atoms with Crippen LogP contribution in [0.3, 0.4) is 0 Å². The molecule has 0 spiro atoms. The average molecular weight is 286 g/mol. The van der Waals surface area contributed by atoms with E-state index in [0.717, 1.165) is 16.9 Å². The Morgan fingerprint density at radius 2 is 1.86 bits per heavy atom. The highest BCUT2D eigenvalue weighted by molar-refractivity contribution is 5.96. The summed E-state index contributed by atoms with van der Waals surface area (Å²) in [7, 11) is 0. The maximum absolute atomic E-state index is 12.8. The zero-order chi connectivity index (χ0) is 15.6. The van der Waals surface area contributed by atoms with Crippen LogP contribution in [0.4, 0.5) is 5.69 Å². The lowest BCUT2D eigenvalue weighted by Crippen LogP contribution is -2.31. The first kappa shape index (κ1) is 15.2. The molecule has 112 valence electrons. The molecule has 0 bridgehead atoms. The zero-order valence-corrected chi connectivity index (χ0v) is 13.1. The Morgan fingerprint density at radius 3 is 2.38 bits per heavy atom. The highest BCUT2D eigenvalue weighted by atomic mass is 16.3. The number of rotatable bonds is 4. The van der Waals surface area contributed by atoms with Gasteiger partial charge in [-0.15, -0.1) is 0 Å². The largest absolute Gasteiger partial charge is 0.466 e. The smallest absolute Gasteiger partial charge is 0.257 e. The molecule has 2 rings (SSSR count). The van der Waals surface area contributed by atoms with Gasteiger partial charge in [0.25, 0.3) is 5.91 Å². The van der Waals surface area contributed by atoms with E-state index in [4.69, 9.17) is 10.2 Å². The van der Waals surface area contributed by atoms with E-state index >= 15 is 0 Å². The highest BCUT2D eigenvalue weighted by Crippen LogP contribution is 2.23. The maximum Gasteiger partial charge on any atom is 0.257 e. The van der Waals surface area contributed by atoms with E-state index in [1.807, 2.05) is 52.0 Å². The van der Waals surface area contributed by atoms with Crippen molar-refractivity contribution in [1.82, 2.24) is 4.90 Å². The summed E-state index contributed by atoms with van der Waals surface area (Å²) in [5, 5.41) is 0. The molecule has 1 amide bonds. The van der Waals surface area contributed by atoms with Crippen molar-refractivity contribution in [2.24, 2.45) is 0 Å². The van der Waals surface area contributed by atoms with Crippen LogP contribution in [-0.2, 0) is 6.54 Å². The number of nitrogen functional groups attached to an aromatic ring is 1. The van der Waals surface area contributed by atoms with Crippen LogP contribution in [0, 0.1) is 20.8 Å². The molecule has 0 atom stereocenters. The minimum Gasteiger partial charge on any atom is -0.466 e. The third-order valence-corrected chi connectivity index (χ3v) is 3.86. The van der Waals surface area contributed by atoms with E-state index in [9.17, 15) is 4.79 Å². The molecule has 0 unspecified atom stereocenters. The molecule has 0 fully saturated rings. The molecule has 0 aliphatic carbocycles. The molecule has 1 heterocycles. The van der Waals surface area contributed by atoms with Gasteiger partial charge >= 0.3 is 0 Å². The second-order valence-electron chi connectivity index (χ2n) is 5.23. The second-order valence-corrected chi connectivity index (χ2v) is 5.23. The number of nitrogens with zero attached hydrogens (tertiary/aromatic N) is 1. The fourth-order valence-electron chi connectivity index (χ4n) is 2.48. The van der Waals surface area contributed by atoms with Gasteiger partial charge in [0.15, 0.2) is 0 Å². The third kappa shape index (κ3) is 2.94. The summed E-state index contributed by atoms with van der Waals surface area (Å²) in [5.41, 5.74) is 9.22. The van der Waals surface area contributed by atoms with Gasteiger partial charge in [-0.25, -0.2) is 0 Å². The van der Waals surface area contributed by atoms with Crippen molar-refractivity contribution < 1.29 is 9.21 Å². The fraction of sp³-hybridized carbons (Fsp3) is 0.353. The number of anilines is 1. The van der Waals surface area contributed by atoms with Crippen LogP contribution in [-0.4, -0.2) is 17.4 Å². The van der Waals surface area contributed by atoms with E-state index in [0.29, 0.717) is 30.1 Å². The molecule has 2 N–H and O–H groups in total. The molecule has 0 radical (unpaired) electrons. The standard InChI is InChI=1S/C17H22N2O2/c1-5-19(10-14-8-6-7-9-15(14)18)17(20)16-11(2)12(3)21-13(16)4/h6-9H,5,10,18H2,1-4H3. The molecule has 0 saturated heterocycles. The number of benzene rings is 1. The molecular weight excluding hydrogens is 264 g/mol. The van der Waals surface area contributed by atoms with Gasteiger partial charge in [-0.2, -0.15) is 0 Å². The first-order valence-electron chi connectivity index (χ1n) is 7.15. The molecule has 4 nitrogen and oxygen atoms in total. The van der Waals surface area contributed by atoms with Crippen LogP contribution in [0.15, 0.2) is 28.7 Å². The number of aryl methyl sites for hydroxylation is 2. The topological polar surface area (TPSA) is 59.5 Å². The number of hydrogen-bond acceptors (Lipinski definition) is 3. The van der Waals surface area contributed by atoms with Gasteiger partial charge in [0, 0.05) is 24.3 Å². The van der Waals surface area contributed by atoms with Crippen molar-refractivity contribution in [3.05, 3.63) is 52.5 Å². The molecule has 21 heavy (non-hydrogen) atoms. The summed E-state index contributed by atoms with van der Waals surface area (Å²) < 4.78 is 5.56. The average Bonchev–Trinajstić information content (AvgIpc) is 2.70. The van der Waals surface area contributed by atoms with Gasteiger partial charge in [-0.05, 0) is 39.3 Å². The minimum atomic E-state index is -0.00685. The van der Waals surface area contributed by atoms with Crippen LogP contribution in [0.5, 0.6) is 0 Å². The summed E-state index contributed by atoms with van der Waals surface area (Å²) in [5.74, 6) is 1.47. The summed E-state index contributed by atoms with van der Waals surface area (Å²) in [6.07, 6.45) is 0. The van der Waals surface area contributed by atoms with Gasteiger partial charge in [-0.1, -0.05) is 18.2 Å². The van der Waals surface area contributed by atoms with Crippen molar-refractivity contribution in [3.63, 3.8) is 0 Å². The quantitative estimate of drug-likeness (QED) is 0.876. The van der Waals surface area contributed by atoms with Gasteiger partial charge in [0.2, 0.25) is 0 Å². The summed E-state index contributed by atoms with van der Waals surface area (Å²) in [4.78, 5) is 14.6. The highest BCUT2D eigenvalue weighted by Gasteiger charge is 2.23. The molecule has 0 aliphatic rings. The zero-order valence-electron chi connectivity index (χ0n) is 13.1. The van der Waals surface area contributed by atoms with Crippen LogP contribution >= 0.6 is 0 Å². The van der Waals surface area contributed by atoms with Crippen molar-refractivity contribution in [3.8, 4) is 0 Å². The first-order chi connectivity index (χ1) is 9.95. The number of para-hydroxylation sites is 1. The lowest BCUT2D eigenvalue weighted by atomic mass is 10.1. The van der Waals surface area contributed by atoms with Crippen molar-refractivity contribution in [2.45, 2.75) is 34.2 Å². The molecule has 2 aromatic rings. The van der Waals surface area contributed by atoms with E-state index in [-0.39, 0.29) is 5.91 Å². The Bertz CT molecular complexity index is 659. The number of nitrogens with two attached hydrogens (primary N) is 1. The lowest BCUT2D eigenvalue weighted by molar-refractivity contribution is 0.0750. The Kier molecular flexibility index (Phi) is 4.36. The predicted molar refractivity (Wildman–Crippen MR) is 84.2 cm³/mol. The van der Waals surface area contributed by atoms with Crippen LogP contribution in [0.25, 0.3) is 0 Å². The maximum atomic E-state index is 12.8. The molecule has 0 aliphatic heterocycles. The van der Waals surface area contributed by atoms with Gasteiger partial charge < -0.3 is 15.1 Å². The van der Waals surface area contributed by atoms with E-state index < -0.39 is 0 Å². The monoisotopic (exact) mass is 286 g/mol. The normalized spacial score (nSPS) is 10.7. The lowest BCUT2D eigenvalue weighted by Gasteiger charge is -2.22. The molecule has 1 aromatic carbocycles. The third-order valence-electron chi connectivity index (χ3n) is 3.86. The predicted octanol–water partition coefficient (Wildman–Crippen LogP) is 3.45. The van der Waals surface area contributed by atoms with E-state index in [1.165, 1.54) is 0 Å². The van der Waals surface area contributed by atoms with Gasteiger partial charge in [-0.3, -0.25) is 4.79 Å². The first-order valence-corrected chi connectivity index (χ1v) is 7.15. The Hall–Kier alpha value is -2.23. The number of carbonyl (C=O) groups excluding carboxylic acids is 1. The van der Waals surface area contributed by atoms with Crippen LogP contribution in [0.2, 0.25) is 0 Å². The molecular formula is C17H22N2O2.